The molecule has 0 aromatic heterocycles. The summed E-state index contributed by atoms with van der Waals surface area (Å²) >= 11 is 0. The molecule has 3 rings (SSSR count). The fourth-order valence-corrected chi connectivity index (χ4v) is 5.69. The van der Waals surface area contributed by atoms with Crippen LogP contribution in [0.1, 0.15) is 19.4 Å². The van der Waals surface area contributed by atoms with Gasteiger partial charge in [-0.25, -0.2) is 0 Å². The van der Waals surface area contributed by atoms with E-state index >= 15 is 0 Å². The van der Waals surface area contributed by atoms with E-state index in [2.05, 4.69) is 105 Å². The van der Waals surface area contributed by atoms with Crippen molar-refractivity contribution in [3.05, 3.63) is 102 Å². The largest absolute Gasteiger partial charge is 1.00 e. The molecule has 0 aliphatic carbocycles. The Morgan fingerprint density at radius 2 is 1.15 bits per heavy atom. The van der Waals surface area contributed by atoms with E-state index in [4.69, 9.17) is 5.32 Å². The first-order chi connectivity index (χ1) is 12.7. The van der Waals surface area contributed by atoms with E-state index in [-0.39, 0.29) is 18.9 Å². The smallest absolute Gasteiger partial charge is 0.657 e. The van der Waals surface area contributed by atoms with Crippen LogP contribution in [0.2, 0.25) is 0 Å². The Bertz CT molecular complexity index is 723. The third-order valence-corrected chi connectivity index (χ3v) is 6.98. The van der Waals surface area contributed by atoms with Gasteiger partial charge < -0.3 is 5.32 Å². The minimum absolute atomic E-state index is 0. The average molecular weight is 367 g/mol. The molecular weight excluding hydrogens is 340 g/mol. The van der Waals surface area contributed by atoms with E-state index in [9.17, 15) is 0 Å². The summed E-state index contributed by atoms with van der Waals surface area (Å²) in [4.78, 5) is 0. The summed E-state index contributed by atoms with van der Waals surface area (Å²) in [6.07, 6.45) is 2.11. The molecule has 1 atom stereocenters. The first kappa shape index (κ1) is 21.9. The SMILES string of the molecule is CC(C)[N-][C@@H](Cc1ccccc1)CP(c1ccccc1)c1ccccc1.[Li+]. The van der Waals surface area contributed by atoms with Gasteiger partial charge in [0.05, 0.1) is 0 Å². The Morgan fingerprint density at radius 1 is 0.704 bits per heavy atom. The zero-order valence-corrected chi connectivity index (χ0v) is 17.5. The van der Waals surface area contributed by atoms with Crippen molar-refractivity contribution in [2.45, 2.75) is 32.4 Å². The second-order valence-electron chi connectivity index (χ2n) is 6.87. The Kier molecular flexibility index (Phi) is 9.33. The summed E-state index contributed by atoms with van der Waals surface area (Å²) < 4.78 is 0. The summed E-state index contributed by atoms with van der Waals surface area (Å²) in [5, 5.41) is 7.95. The van der Waals surface area contributed by atoms with Crippen molar-refractivity contribution in [2.75, 3.05) is 6.16 Å². The zero-order valence-electron chi connectivity index (χ0n) is 16.6. The predicted molar refractivity (Wildman–Crippen MR) is 116 cm³/mol. The first-order valence-electron chi connectivity index (χ1n) is 9.34. The van der Waals surface area contributed by atoms with Gasteiger partial charge in [0.15, 0.2) is 0 Å². The molecule has 0 bridgehead atoms. The monoisotopic (exact) mass is 367 g/mol. The van der Waals surface area contributed by atoms with Crippen LogP contribution in [0, 0.1) is 0 Å². The number of hydrogen-bond acceptors (Lipinski definition) is 0. The zero-order chi connectivity index (χ0) is 18.2. The maximum Gasteiger partial charge on any atom is 1.00 e. The molecule has 0 aliphatic rings. The molecule has 0 spiro atoms. The molecule has 3 aromatic carbocycles. The van der Waals surface area contributed by atoms with Gasteiger partial charge in [0, 0.05) is 0 Å². The Hall–Kier alpha value is -1.35. The van der Waals surface area contributed by atoms with E-state index in [0.717, 1.165) is 12.6 Å². The van der Waals surface area contributed by atoms with Crippen LogP contribution in [0.25, 0.3) is 5.32 Å². The van der Waals surface area contributed by atoms with Gasteiger partial charge in [-0.2, -0.15) is 0 Å². The summed E-state index contributed by atoms with van der Waals surface area (Å²) in [5.74, 6) is 0. The molecule has 27 heavy (non-hydrogen) atoms. The minimum atomic E-state index is -0.411. The second kappa shape index (κ2) is 11.5. The van der Waals surface area contributed by atoms with E-state index in [0.29, 0.717) is 12.1 Å². The van der Waals surface area contributed by atoms with Crippen LogP contribution >= 0.6 is 7.92 Å². The second-order valence-corrected chi connectivity index (χ2v) is 9.12. The standard InChI is InChI=1S/C24H27NP.Li/c1-20(2)25-22(18-21-12-6-3-7-13-21)19-26(23-14-8-4-9-15-23)24-16-10-5-11-17-24;/h3-17,20,22H,18-19H2,1-2H3;/q-1;+1/t22-;/m0./s1. The van der Waals surface area contributed by atoms with Crippen LogP contribution < -0.4 is 29.5 Å². The average Bonchev–Trinajstić information content (AvgIpc) is 2.68. The molecule has 0 N–H and O–H groups in total. The van der Waals surface area contributed by atoms with Gasteiger partial charge in [-0.05, 0) is 36.7 Å². The van der Waals surface area contributed by atoms with Gasteiger partial charge in [-0.1, -0.05) is 105 Å². The number of rotatable bonds is 8. The van der Waals surface area contributed by atoms with Gasteiger partial charge in [0.2, 0.25) is 0 Å². The molecule has 0 saturated heterocycles. The molecular formula is C24H27LiNP. The van der Waals surface area contributed by atoms with Crippen LogP contribution in [-0.2, 0) is 6.42 Å². The summed E-state index contributed by atoms with van der Waals surface area (Å²) in [7, 11) is -0.411. The summed E-state index contributed by atoms with van der Waals surface area (Å²) in [6.45, 7) is 4.37. The molecule has 0 fully saturated rings. The maximum absolute atomic E-state index is 5.08. The summed E-state index contributed by atoms with van der Waals surface area (Å²) in [5.41, 5.74) is 1.37. The van der Waals surface area contributed by atoms with Crippen molar-refractivity contribution in [3.8, 4) is 0 Å². The van der Waals surface area contributed by atoms with Crippen molar-refractivity contribution in [3.63, 3.8) is 0 Å². The van der Waals surface area contributed by atoms with Gasteiger partial charge in [-0.15, -0.1) is 12.1 Å². The van der Waals surface area contributed by atoms with Crippen molar-refractivity contribution in [1.29, 1.82) is 0 Å². The molecule has 0 amide bonds. The van der Waals surface area contributed by atoms with Gasteiger partial charge in [0.25, 0.3) is 0 Å². The third-order valence-electron chi connectivity index (χ3n) is 4.35. The van der Waals surface area contributed by atoms with Crippen LogP contribution in [0.5, 0.6) is 0 Å². The molecule has 3 aromatic rings. The molecule has 0 unspecified atom stereocenters. The molecule has 3 heteroatoms. The number of hydrogen-bond donors (Lipinski definition) is 0. The van der Waals surface area contributed by atoms with Gasteiger partial charge >= 0.3 is 18.9 Å². The van der Waals surface area contributed by atoms with Crippen molar-refractivity contribution >= 4 is 18.5 Å². The predicted octanol–water partition coefficient (Wildman–Crippen LogP) is 2.52. The Labute approximate surface area is 177 Å². The maximum atomic E-state index is 5.08. The van der Waals surface area contributed by atoms with Crippen molar-refractivity contribution in [2.24, 2.45) is 0 Å². The van der Waals surface area contributed by atoms with E-state index in [1.165, 1.54) is 16.2 Å². The van der Waals surface area contributed by atoms with Crippen LogP contribution in [0.3, 0.4) is 0 Å². The Balaban J connectivity index is 0.00000261. The van der Waals surface area contributed by atoms with Crippen LogP contribution in [-0.4, -0.2) is 18.2 Å². The topological polar surface area (TPSA) is 14.1 Å². The van der Waals surface area contributed by atoms with Crippen LogP contribution in [0.4, 0.5) is 0 Å². The molecule has 1 nitrogen and oxygen atoms in total. The van der Waals surface area contributed by atoms with E-state index in [1.807, 2.05) is 0 Å². The van der Waals surface area contributed by atoms with Crippen molar-refractivity contribution < 1.29 is 18.9 Å². The van der Waals surface area contributed by atoms with E-state index in [1.54, 1.807) is 0 Å². The van der Waals surface area contributed by atoms with E-state index < -0.39 is 7.92 Å². The fraction of sp³-hybridized carbons (Fsp3) is 0.250. The Morgan fingerprint density at radius 3 is 1.59 bits per heavy atom. The molecule has 0 heterocycles. The van der Waals surface area contributed by atoms with Gasteiger partial charge in [-0.3, -0.25) is 0 Å². The molecule has 0 aliphatic heterocycles. The summed E-state index contributed by atoms with van der Waals surface area (Å²) in [6, 6.07) is 33.4. The number of benzene rings is 3. The first-order valence-corrected chi connectivity index (χ1v) is 10.9. The molecule has 134 valence electrons. The van der Waals surface area contributed by atoms with Crippen LogP contribution in [0.15, 0.2) is 91.0 Å². The van der Waals surface area contributed by atoms with Gasteiger partial charge in [0.1, 0.15) is 0 Å². The van der Waals surface area contributed by atoms with Crippen molar-refractivity contribution in [1.82, 2.24) is 0 Å². The normalized spacial score (nSPS) is 12.0. The molecule has 0 saturated carbocycles. The fourth-order valence-electron chi connectivity index (χ4n) is 3.26. The number of nitrogens with zero attached hydrogens (tertiary/aromatic N) is 1. The quantitative estimate of drug-likeness (QED) is 0.429. The molecule has 0 radical (unpaired) electrons. The third kappa shape index (κ3) is 6.95. The minimum Gasteiger partial charge on any atom is -0.657 e.